The standard InChI is InChI=1S/C16H26N4S/c1-18(2)7-8-19-9-11-20(12-10-19)13-14-3-5-15(6-4-14)16(17)21/h3-6H,7-13H2,1-2H3,(H2,17,21). The van der Waals surface area contributed by atoms with Crippen LogP contribution in [-0.4, -0.2) is 73.1 Å². The molecule has 5 heteroatoms. The van der Waals surface area contributed by atoms with Crippen molar-refractivity contribution in [3.05, 3.63) is 35.4 Å². The van der Waals surface area contributed by atoms with Crippen LogP contribution < -0.4 is 5.73 Å². The van der Waals surface area contributed by atoms with Gasteiger partial charge in [-0.2, -0.15) is 0 Å². The van der Waals surface area contributed by atoms with Crippen molar-refractivity contribution in [3.8, 4) is 0 Å². The summed E-state index contributed by atoms with van der Waals surface area (Å²) in [7, 11) is 4.26. The van der Waals surface area contributed by atoms with Gasteiger partial charge in [-0.05, 0) is 19.7 Å². The Balaban J connectivity index is 1.76. The minimum absolute atomic E-state index is 0.469. The van der Waals surface area contributed by atoms with Gasteiger partial charge in [-0.25, -0.2) is 0 Å². The van der Waals surface area contributed by atoms with Gasteiger partial charge < -0.3 is 10.6 Å². The third-order valence-corrected chi connectivity index (χ3v) is 4.21. The number of rotatable bonds is 6. The van der Waals surface area contributed by atoms with Crippen molar-refractivity contribution >= 4 is 17.2 Å². The highest BCUT2D eigenvalue weighted by Gasteiger charge is 2.16. The maximum Gasteiger partial charge on any atom is 0.103 e. The first kappa shape index (κ1) is 16.4. The number of hydrogen-bond donors (Lipinski definition) is 1. The Morgan fingerprint density at radius 2 is 1.67 bits per heavy atom. The summed E-state index contributed by atoms with van der Waals surface area (Å²) in [5, 5.41) is 0. The summed E-state index contributed by atoms with van der Waals surface area (Å²) in [4.78, 5) is 7.78. The molecule has 1 heterocycles. The van der Waals surface area contributed by atoms with E-state index in [0.29, 0.717) is 4.99 Å². The van der Waals surface area contributed by atoms with E-state index in [9.17, 15) is 0 Å². The average molecular weight is 306 g/mol. The Hall–Kier alpha value is -1.01. The number of benzene rings is 1. The van der Waals surface area contributed by atoms with Crippen molar-refractivity contribution in [1.29, 1.82) is 0 Å². The molecule has 0 radical (unpaired) electrons. The van der Waals surface area contributed by atoms with Gasteiger partial charge in [-0.15, -0.1) is 0 Å². The Morgan fingerprint density at radius 1 is 1.10 bits per heavy atom. The Bertz CT molecular complexity index is 450. The van der Waals surface area contributed by atoms with Gasteiger partial charge in [0.25, 0.3) is 0 Å². The lowest BCUT2D eigenvalue weighted by atomic mass is 10.1. The van der Waals surface area contributed by atoms with Gasteiger partial charge in [-0.3, -0.25) is 9.80 Å². The maximum absolute atomic E-state index is 5.63. The molecule has 0 unspecified atom stereocenters. The number of piperazine rings is 1. The van der Waals surface area contributed by atoms with Crippen LogP contribution in [-0.2, 0) is 6.54 Å². The van der Waals surface area contributed by atoms with Crippen LogP contribution in [0.4, 0.5) is 0 Å². The molecule has 0 bridgehead atoms. The van der Waals surface area contributed by atoms with Gasteiger partial charge in [0.1, 0.15) is 4.99 Å². The molecule has 1 aromatic carbocycles. The Morgan fingerprint density at radius 3 is 2.19 bits per heavy atom. The van der Waals surface area contributed by atoms with Crippen LogP contribution in [0.2, 0.25) is 0 Å². The lowest BCUT2D eigenvalue weighted by Gasteiger charge is -2.35. The summed E-state index contributed by atoms with van der Waals surface area (Å²) >= 11 is 4.98. The van der Waals surface area contributed by atoms with Crippen molar-refractivity contribution in [2.45, 2.75) is 6.54 Å². The fraction of sp³-hybridized carbons (Fsp3) is 0.562. The number of nitrogens with two attached hydrogens (primary N) is 1. The molecular formula is C16H26N4S. The molecule has 1 aliphatic rings. The highest BCUT2D eigenvalue weighted by Crippen LogP contribution is 2.10. The zero-order valence-corrected chi connectivity index (χ0v) is 13.9. The SMILES string of the molecule is CN(C)CCN1CCN(Cc2ccc(C(N)=S)cc2)CC1. The molecule has 1 aliphatic heterocycles. The van der Waals surface area contributed by atoms with Crippen molar-refractivity contribution < 1.29 is 0 Å². The van der Waals surface area contributed by atoms with Crippen molar-refractivity contribution in [1.82, 2.24) is 14.7 Å². The molecule has 4 nitrogen and oxygen atoms in total. The zero-order chi connectivity index (χ0) is 15.2. The van der Waals surface area contributed by atoms with Crippen molar-refractivity contribution in [3.63, 3.8) is 0 Å². The second kappa shape index (κ2) is 7.84. The lowest BCUT2D eigenvalue weighted by molar-refractivity contribution is 0.120. The number of hydrogen-bond acceptors (Lipinski definition) is 4. The molecule has 116 valence electrons. The van der Waals surface area contributed by atoms with E-state index in [2.05, 4.69) is 40.9 Å². The van der Waals surface area contributed by atoms with Crippen LogP contribution in [0.5, 0.6) is 0 Å². The van der Waals surface area contributed by atoms with E-state index in [4.69, 9.17) is 18.0 Å². The molecular weight excluding hydrogens is 280 g/mol. The van der Waals surface area contributed by atoms with Crippen LogP contribution in [0, 0.1) is 0 Å². The quantitative estimate of drug-likeness (QED) is 0.794. The normalized spacial score (nSPS) is 17.3. The van der Waals surface area contributed by atoms with Crippen LogP contribution in [0.25, 0.3) is 0 Å². The zero-order valence-electron chi connectivity index (χ0n) is 13.1. The van der Waals surface area contributed by atoms with Crippen molar-refractivity contribution in [2.75, 3.05) is 53.4 Å². The summed E-state index contributed by atoms with van der Waals surface area (Å²) < 4.78 is 0. The molecule has 1 fully saturated rings. The first-order valence-corrected chi connectivity index (χ1v) is 7.93. The van der Waals surface area contributed by atoms with E-state index in [1.807, 2.05) is 12.1 Å². The number of likely N-dealkylation sites (N-methyl/N-ethyl adjacent to an activating group) is 1. The molecule has 0 spiro atoms. The Labute approximate surface area is 133 Å². The minimum Gasteiger partial charge on any atom is -0.389 e. The smallest absolute Gasteiger partial charge is 0.103 e. The number of thiocarbonyl (C=S) groups is 1. The van der Waals surface area contributed by atoms with Gasteiger partial charge in [0.2, 0.25) is 0 Å². The van der Waals surface area contributed by atoms with E-state index in [0.717, 1.165) is 31.7 Å². The Kier molecular flexibility index (Phi) is 6.11. The van der Waals surface area contributed by atoms with Crippen LogP contribution in [0.3, 0.4) is 0 Å². The van der Waals surface area contributed by atoms with Gasteiger partial charge in [-0.1, -0.05) is 36.5 Å². The third-order valence-electron chi connectivity index (χ3n) is 3.97. The van der Waals surface area contributed by atoms with E-state index in [1.165, 1.54) is 25.2 Å². The second-order valence-electron chi connectivity index (χ2n) is 5.98. The summed E-state index contributed by atoms with van der Waals surface area (Å²) in [5.74, 6) is 0. The van der Waals surface area contributed by atoms with Gasteiger partial charge >= 0.3 is 0 Å². The minimum atomic E-state index is 0.469. The lowest BCUT2D eigenvalue weighted by Crippen LogP contribution is -2.47. The third kappa shape index (κ3) is 5.36. The molecule has 21 heavy (non-hydrogen) atoms. The fourth-order valence-electron chi connectivity index (χ4n) is 2.55. The van der Waals surface area contributed by atoms with Crippen molar-refractivity contribution in [2.24, 2.45) is 5.73 Å². The van der Waals surface area contributed by atoms with E-state index in [1.54, 1.807) is 0 Å². The molecule has 2 N–H and O–H groups in total. The molecule has 0 atom stereocenters. The van der Waals surface area contributed by atoms with Crippen LogP contribution in [0.1, 0.15) is 11.1 Å². The predicted molar refractivity (Wildman–Crippen MR) is 92.6 cm³/mol. The van der Waals surface area contributed by atoms with Crippen LogP contribution in [0.15, 0.2) is 24.3 Å². The summed E-state index contributed by atoms with van der Waals surface area (Å²) in [6, 6.07) is 8.30. The molecule has 1 aromatic rings. The number of nitrogens with zero attached hydrogens (tertiary/aromatic N) is 3. The van der Waals surface area contributed by atoms with Gasteiger partial charge in [0, 0.05) is 51.4 Å². The monoisotopic (exact) mass is 306 g/mol. The molecule has 1 saturated heterocycles. The van der Waals surface area contributed by atoms with E-state index >= 15 is 0 Å². The predicted octanol–water partition coefficient (Wildman–Crippen LogP) is 1.00. The van der Waals surface area contributed by atoms with E-state index in [-0.39, 0.29) is 0 Å². The maximum atomic E-state index is 5.63. The largest absolute Gasteiger partial charge is 0.389 e. The highest BCUT2D eigenvalue weighted by molar-refractivity contribution is 7.80. The molecule has 0 aromatic heterocycles. The second-order valence-corrected chi connectivity index (χ2v) is 6.42. The summed E-state index contributed by atoms with van der Waals surface area (Å²) in [6.45, 7) is 7.94. The highest BCUT2D eigenvalue weighted by atomic mass is 32.1. The van der Waals surface area contributed by atoms with E-state index < -0.39 is 0 Å². The molecule has 2 rings (SSSR count). The van der Waals surface area contributed by atoms with Crippen LogP contribution >= 0.6 is 12.2 Å². The first-order chi connectivity index (χ1) is 10.0. The molecule has 0 aliphatic carbocycles. The fourth-order valence-corrected chi connectivity index (χ4v) is 2.68. The van der Waals surface area contributed by atoms with Gasteiger partial charge in [0.05, 0.1) is 0 Å². The first-order valence-electron chi connectivity index (χ1n) is 7.53. The molecule has 0 saturated carbocycles. The summed E-state index contributed by atoms with van der Waals surface area (Å²) in [6.07, 6.45) is 0. The topological polar surface area (TPSA) is 35.7 Å². The average Bonchev–Trinajstić information content (AvgIpc) is 2.47. The van der Waals surface area contributed by atoms with Gasteiger partial charge in [0.15, 0.2) is 0 Å². The summed E-state index contributed by atoms with van der Waals surface area (Å²) in [5.41, 5.74) is 7.90. The molecule has 0 amide bonds.